The first-order valence-electron chi connectivity index (χ1n) is 17.8. The molecule has 0 unspecified atom stereocenters. The molecule has 0 radical (unpaired) electrons. The van der Waals surface area contributed by atoms with E-state index < -0.39 is 5.41 Å². The average Bonchev–Trinajstić information content (AvgIpc) is 3.91. The second-order valence-electron chi connectivity index (χ2n) is 14.5. The lowest BCUT2D eigenvalue weighted by atomic mass is 9.55. The first kappa shape index (κ1) is 29.2. The van der Waals surface area contributed by atoms with Crippen molar-refractivity contribution in [1.29, 1.82) is 0 Å². The van der Waals surface area contributed by atoms with E-state index in [1.165, 1.54) is 44.5 Å². The topological polar surface area (TPSA) is 52.1 Å². The molecule has 0 saturated carbocycles. The van der Waals surface area contributed by atoms with Crippen molar-refractivity contribution in [2.75, 3.05) is 0 Å². The summed E-state index contributed by atoms with van der Waals surface area (Å²) < 4.78 is 12.6. The van der Waals surface area contributed by atoms with Gasteiger partial charge in [0.1, 0.15) is 11.0 Å². The number of hydrogen-bond donors (Lipinski definition) is 0. The smallest absolute Gasteiger partial charge is 0.227 e. The van der Waals surface area contributed by atoms with Crippen LogP contribution in [0.4, 0.5) is 0 Å². The Kier molecular flexibility index (Phi) is 5.90. The average molecular weight is 669 g/mol. The summed E-state index contributed by atoms with van der Waals surface area (Å²) in [5, 5.41) is 0. The molecule has 11 rings (SSSR count). The highest BCUT2D eigenvalue weighted by Crippen LogP contribution is 2.62. The standard InChI is InChI=1S/C48H32N2O2/c1-47(2)37-15-5-7-17-39(37)48(40-18-8-6-16-38(40)47)35-14-4-3-13-33(35)34-28-29(23-24-36(34)48)30-25-31(45-49-41-19-9-11-21-43(41)51-45)27-32(26-30)46-50-42-20-10-12-22-44(42)52-46/h3-28H,1-2H3. The van der Waals surface area contributed by atoms with E-state index in [-0.39, 0.29) is 5.41 Å². The maximum atomic E-state index is 6.31. The molecule has 2 aromatic heterocycles. The molecule has 1 spiro atoms. The molecule has 52 heavy (non-hydrogen) atoms. The van der Waals surface area contributed by atoms with Gasteiger partial charge in [-0.05, 0) is 104 Å². The minimum atomic E-state index is -0.434. The van der Waals surface area contributed by atoms with Crippen molar-refractivity contribution < 1.29 is 8.83 Å². The minimum absolute atomic E-state index is 0.137. The monoisotopic (exact) mass is 668 g/mol. The summed E-state index contributed by atoms with van der Waals surface area (Å²) in [6.45, 7) is 4.72. The van der Waals surface area contributed by atoms with Crippen molar-refractivity contribution in [2.45, 2.75) is 24.7 Å². The first-order valence-corrected chi connectivity index (χ1v) is 17.8. The molecule has 2 aliphatic carbocycles. The zero-order valence-corrected chi connectivity index (χ0v) is 28.7. The summed E-state index contributed by atoms with van der Waals surface area (Å²) in [6.07, 6.45) is 0. The van der Waals surface area contributed by atoms with Gasteiger partial charge in [0.05, 0.1) is 5.41 Å². The maximum Gasteiger partial charge on any atom is 0.227 e. The van der Waals surface area contributed by atoms with Crippen molar-refractivity contribution in [3.63, 3.8) is 0 Å². The molecule has 2 aliphatic rings. The van der Waals surface area contributed by atoms with Gasteiger partial charge in [0, 0.05) is 16.5 Å². The molecule has 0 atom stereocenters. The zero-order valence-electron chi connectivity index (χ0n) is 28.7. The van der Waals surface area contributed by atoms with E-state index in [1.54, 1.807) is 0 Å². The van der Waals surface area contributed by atoms with Gasteiger partial charge in [-0.3, -0.25) is 0 Å². The van der Waals surface area contributed by atoms with Gasteiger partial charge in [-0.25, -0.2) is 9.97 Å². The van der Waals surface area contributed by atoms with Crippen molar-refractivity contribution in [3.8, 4) is 45.2 Å². The number of para-hydroxylation sites is 4. The number of oxazole rings is 2. The quantitative estimate of drug-likeness (QED) is 0.188. The third-order valence-corrected chi connectivity index (χ3v) is 11.4. The molecule has 0 fully saturated rings. The molecule has 0 aliphatic heterocycles. The Bertz CT molecular complexity index is 2700. The molecule has 0 amide bonds. The molecular weight excluding hydrogens is 637 g/mol. The third-order valence-electron chi connectivity index (χ3n) is 11.4. The van der Waals surface area contributed by atoms with Crippen LogP contribution >= 0.6 is 0 Å². The van der Waals surface area contributed by atoms with Crippen LogP contribution in [0.2, 0.25) is 0 Å². The fraction of sp³-hybridized carbons (Fsp3) is 0.0833. The van der Waals surface area contributed by atoms with Crippen LogP contribution < -0.4 is 0 Å². The van der Waals surface area contributed by atoms with Crippen LogP contribution in [0.25, 0.3) is 67.4 Å². The fourth-order valence-corrected chi connectivity index (χ4v) is 9.08. The Hall–Kier alpha value is -6.52. The molecule has 0 N–H and O–H groups in total. The van der Waals surface area contributed by atoms with Gasteiger partial charge in [0.15, 0.2) is 11.2 Å². The summed E-state index contributed by atoms with van der Waals surface area (Å²) in [5.41, 5.74) is 17.0. The van der Waals surface area contributed by atoms with Crippen LogP contribution in [0, 0.1) is 0 Å². The van der Waals surface area contributed by atoms with E-state index in [0.29, 0.717) is 11.8 Å². The lowest BCUT2D eigenvalue weighted by Crippen LogP contribution is -2.40. The number of aromatic nitrogens is 2. The van der Waals surface area contributed by atoms with Gasteiger partial charge >= 0.3 is 0 Å². The fourth-order valence-electron chi connectivity index (χ4n) is 9.08. The molecule has 246 valence electrons. The Morgan fingerprint density at radius 3 is 1.42 bits per heavy atom. The second-order valence-corrected chi connectivity index (χ2v) is 14.5. The Morgan fingerprint density at radius 2 is 0.846 bits per heavy atom. The molecule has 0 saturated heterocycles. The van der Waals surface area contributed by atoms with Gasteiger partial charge in [0.2, 0.25) is 11.8 Å². The van der Waals surface area contributed by atoms with E-state index in [1.807, 2.05) is 48.5 Å². The summed E-state index contributed by atoms with van der Waals surface area (Å²) in [7, 11) is 0. The van der Waals surface area contributed by atoms with Crippen LogP contribution in [-0.4, -0.2) is 9.97 Å². The van der Waals surface area contributed by atoms with Crippen molar-refractivity contribution in [3.05, 3.63) is 191 Å². The third kappa shape index (κ3) is 3.92. The number of benzene rings is 7. The van der Waals surface area contributed by atoms with Crippen molar-refractivity contribution in [1.82, 2.24) is 9.97 Å². The highest BCUT2D eigenvalue weighted by Gasteiger charge is 2.53. The second kappa shape index (κ2) is 10.5. The van der Waals surface area contributed by atoms with Crippen molar-refractivity contribution in [2.24, 2.45) is 0 Å². The zero-order chi connectivity index (χ0) is 34.6. The molecule has 9 aromatic rings. The van der Waals surface area contributed by atoms with Crippen LogP contribution in [0.5, 0.6) is 0 Å². The first-order chi connectivity index (χ1) is 25.5. The number of fused-ring (bicyclic) bond motifs is 11. The molecular formula is C48H32N2O2. The van der Waals surface area contributed by atoms with E-state index in [0.717, 1.165) is 44.5 Å². The van der Waals surface area contributed by atoms with Crippen LogP contribution in [0.3, 0.4) is 0 Å². The number of hydrogen-bond acceptors (Lipinski definition) is 4. The predicted molar refractivity (Wildman–Crippen MR) is 207 cm³/mol. The van der Waals surface area contributed by atoms with Crippen LogP contribution in [-0.2, 0) is 10.8 Å². The van der Waals surface area contributed by atoms with Gasteiger partial charge in [-0.1, -0.05) is 123 Å². The Balaban J connectivity index is 1.16. The Labute approximate surface area is 301 Å². The van der Waals surface area contributed by atoms with Gasteiger partial charge in [-0.2, -0.15) is 0 Å². The highest BCUT2D eigenvalue weighted by molar-refractivity contribution is 5.91. The van der Waals surface area contributed by atoms with Crippen LogP contribution in [0.15, 0.2) is 167 Å². The lowest BCUT2D eigenvalue weighted by molar-refractivity contribution is 0.563. The predicted octanol–water partition coefficient (Wildman–Crippen LogP) is 12.0. The van der Waals surface area contributed by atoms with Crippen molar-refractivity contribution >= 4 is 22.2 Å². The normalized spacial score (nSPS) is 14.7. The summed E-state index contributed by atoms with van der Waals surface area (Å²) >= 11 is 0. The lowest BCUT2D eigenvalue weighted by Gasteiger charge is -2.46. The van der Waals surface area contributed by atoms with Crippen LogP contribution in [0.1, 0.15) is 47.2 Å². The Morgan fingerprint density at radius 1 is 0.385 bits per heavy atom. The summed E-state index contributed by atoms with van der Waals surface area (Å²) in [6, 6.07) is 56.3. The summed E-state index contributed by atoms with van der Waals surface area (Å²) in [5.74, 6) is 1.12. The number of nitrogens with zero attached hydrogens (tertiary/aromatic N) is 2. The molecule has 0 bridgehead atoms. The van der Waals surface area contributed by atoms with E-state index >= 15 is 0 Å². The minimum Gasteiger partial charge on any atom is -0.436 e. The molecule has 2 heterocycles. The number of rotatable bonds is 3. The van der Waals surface area contributed by atoms with Gasteiger partial charge in [-0.15, -0.1) is 0 Å². The molecule has 4 heteroatoms. The molecule has 4 nitrogen and oxygen atoms in total. The van der Waals surface area contributed by atoms with Gasteiger partial charge in [0.25, 0.3) is 0 Å². The van der Waals surface area contributed by atoms with E-state index in [9.17, 15) is 0 Å². The SMILES string of the molecule is CC1(C)c2ccccc2C2(c3ccccc3-c3cc(-c4cc(-c5nc6ccccc6o5)cc(-c5nc6ccccc6o5)c4)ccc32)c2ccccc21. The molecule has 7 aromatic carbocycles. The largest absolute Gasteiger partial charge is 0.436 e. The van der Waals surface area contributed by atoms with E-state index in [2.05, 4.69) is 123 Å². The van der Waals surface area contributed by atoms with Gasteiger partial charge < -0.3 is 8.83 Å². The summed E-state index contributed by atoms with van der Waals surface area (Å²) in [4.78, 5) is 9.75. The van der Waals surface area contributed by atoms with E-state index in [4.69, 9.17) is 18.8 Å². The maximum absolute atomic E-state index is 6.31. The highest BCUT2D eigenvalue weighted by atomic mass is 16.4.